The van der Waals surface area contributed by atoms with Gasteiger partial charge in [-0.15, -0.1) is 0 Å². The van der Waals surface area contributed by atoms with Crippen LogP contribution in [0, 0.1) is 0 Å². The SMILES string of the molecule is CC(=O)Nc1cccc(C=CCCO)c1. The largest absolute Gasteiger partial charge is 0.396 e. The van der Waals surface area contributed by atoms with Gasteiger partial charge in [-0.2, -0.15) is 0 Å². The van der Waals surface area contributed by atoms with E-state index in [-0.39, 0.29) is 12.5 Å². The van der Waals surface area contributed by atoms with Crippen LogP contribution in [0.1, 0.15) is 18.9 Å². The predicted octanol–water partition coefficient (Wildman–Crippen LogP) is 2.04. The van der Waals surface area contributed by atoms with Crippen molar-refractivity contribution in [2.45, 2.75) is 13.3 Å². The van der Waals surface area contributed by atoms with Crippen LogP contribution in [0.4, 0.5) is 5.69 Å². The van der Waals surface area contributed by atoms with Gasteiger partial charge in [-0.1, -0.05) is 24.3 Å². The van der Waals surface area contributed by atoms with E-state index in [4.69, 9.17) is 5.11 Å². The van der Waals surface area contributed by atoms with Gasteiger partial charge < -0.3 is 10.4 Å². The zero-order valence-corrected chi connectivity index (χ0v) is 8.73. The van der Waals surface area contributed by atoms with E-state index in [1.165, 1.54) is 6.92 Å². The zero-order valence-electron chi connectivity index (χ0n) is 8.73. The molecule has 15 heavy (non-hydrogen) atoms. The molecule has 80 valence electrons. The molecular weight excluding hydrogens is 190 g/mol. The van der Waals surface area contributed by atoms with Crippen molar-refractivity contribution in [3.63, 3.8) is 0 Å². The smallest absolute Gasteiger partial charge is 0.221 e. The van der Waals surface area contributed by atoms with E-state index >= 15 is 0 Å². The molecule has 0 aliphatic heterocycles. The Morgan fingerprint density at radius 2 is 2.33 bits per heavy atom. The van der Waals surface area contributed by atoms with Crippen LogP contribution in [0.2, 0.25) is 0 Å². The van der Waals surface area contributed by atoms with E-state index in [1.807, 2.05) is 36.4 Å². The van der Waals surface area contributed by atoms with Gasteiger partial charge in [0.05, 0.1) is 0 Å². The number of aliphatic hydroxyl groups is 1. The molecule has 0 atom stereocenters. The van der Waals surface area contributed by atoms with Crippen LogP contribution >= 0.6 is 0 Å². The Bertz CT molecular complexity index is 358. The third-order valence-electron chi connectivity index (χ3n) is 1.81. The topological polar surface area (TPSA) is 49.3 Å². The van der Waals surface area contributed by atoms with Gasteiger partial charge in [-0.05, 0) is 24.1 Å². The Kier molecular flexibility index (Phi) is 4.57. The fourth-order valence-electron chi connectivity index (χ4n) is 1.22. The summed E-state index contributed by atoms with van der Waals surface area (Å²) in [4.78, 5) is 10.8. The molecular formula is C12H15NO2. The molecule has 3 heteroatoms. The van der Waals surface area contributed by atoms with Crippen LogP contribution in [-0.2, 0) is 4.79 Å². The number of aliphatic hydroxyl groups excluding tert-OH is 1. The number of nitrogens with one attached hydrogen (secondary N) is 1. The molecule has 0 bridgehead atoms. The van der Waals surface area contributed by atoms with E-state index in [9.17, 15) is 4.79 Å². The number of anilines is 1. The second kappa shape index (κ2) is 5.98. The lowest BCUT2D eigenvalue weighted by atomic mass is 10.2. The van der Waals surface area contributed by atoms with Crippen molar-refractivity contribution in [2.24, 2.45) is 0 Å². The Morgan fingerprint density at radius 1 is 1.53 bits per heavy atom. The minimum Gasteiger partial charge on any atom is -0.396 e. The summed E-state index contributed by atoms with van der Waals surface area (Å²) >= 11 is 0. The summed E-state index contributed by atoms with van der Waals surface area (Å²) in [5.41, 5.74) is 1.79. The van der Waals surface area contributed by atoms with Gasteiger partial charge >= 0.3 is 0 Å². The fourth-order valence-corrected chi connectivity index (χ4v) is 1.22. The summed E-state index contributed by atoms with van der Waals surface area (Å²) in [6, 6.07) is 7.54. The Balaban J connectivity index is 2.69. The highest BCUT2D eigenvalue weighted by molar-refractivity contribution is 5.88. The number of rotatable bonds is 4. The van der Waals surface area contributed by atoms with E-state index in [0.717, 1.165) is 11.3 Å². The molecule has 1 aromatic carbocycles. The van der Waals surface area contributed by atoms with E-state index in [0.29, 0.717) is 6.42 Å². The van der Waals surface area contributed by atoms with Crippen LogP contribution < -0.4 is 5.32 Å². The molecule has 1 aromatic rings. The quantitative estimate of drug-likeness (QED) is 0.790. The molecule has 0 heterocycles. The van der Waals surface area contributed by atoms with Crippen LogP contribution in [0.5, 0.6) is 0 Å². The normalized spacial score (nSPS) is 10.5. The molecule has 1 rings (SSSR count). The Hall–Kier alpha value is -1.61. The van der Waals surface area contributed by atoms with Gasteiger partial charge in [0.2, 0.25) is 5.91 Å². The predicted molar refractivity (Wildman–Crippen MR) is 61.5 cm³/mol. The summed E-state index contributed by atoms with van der Waals surface area (Å²) in [6.45, 7) is 1.64. The van der Waals surface area contributed by atoms with Crippen molar-refractivity contribution in [3.05, 3.63) is 35.9 Å². The van der Waals surface area contributed by atoms with E-state index in [1.54, 1.807) is 0 Å². The molecule has 1 amide bonds. The van der Waals surface area contributed by atoms with E-state index in [2.05, 4.69) is 5.32 Å². The molecule has 0 radical (unpaired) electrons. The number of carbonyl (C=O) groups excluding carboxylic acids is 1. The molecule has 0 fully saturated rings. The number of hydrogen-bond donors (Lipinski definition) is 2. The third kappa shape index (κ3) is 4.42. The van der Waals surface area contributed by atoms with Gasteiger partial charge in [0.25, 0.3) is 0 Å². The number of amides is 1. The van der Waals surface area contributed by atoms with Crippen LogP contribution in [-0.4, -0.2) is 17.6 Å². The molecule has 3 nitrogen and oxygen atoms in total. The molecule has 0 spiro atoms. The molecule has 0 aliphatic rings. The second-order valence-electron chi connectivity index (χ2n) is 3.22. The van der Waals surface area contributed by atoms with Crippen LogP contribution in [0.25, 0.3) is 6.08 Å². The van der Waals surface area contributed by atoms with Gasteiger partial charge in [0.15, 0.2) is 0 Å². The first kappa shape index (κ1) is 11.5. The monoisotopic (exact) mass is 205 g/mol. The summed E-state index contributed by atoms with van der Waals surface area (Å²) in [5, 5.41) is 11.3. The zero-order chi connectivity index (χ0) is 11.1. The maximum Gasteiger partial charge on any atom is 0.221 e. The molecule has 0 saturated heterocycles. The first-order chi connectivity index (χ1) is 7.22. The average molecular weight is 205 g/mol. The third-order valence-corrected chi connectivity index (χ3v) is 1.81. The van der Waals surface area contributed by atoms with Crippen LogP contribution in [0.3, 0.4) is 0 Å². The van der Waals surface area contributed by atoms with Crippen molar-refractivity contribution in [2.75, 3.05) is 11.9 Å². The molecule has 0 aliphatic carbocycles. The van der Waals surface area contributed by atoms with Crippen molar-refractivity contribution in [1.29, 1.82) is 0 Å². The summed E-state index contributed by atoms with van der Waals surface area (Å²) in [6.07, 6.45) is 4.46. The molecule has 2 N–H and O–H groups in total. The Morgan fingerprint density at radius 3 is 3.00 bits per heavy atom. The van der Waals surface area contributed by atoms with Gasteiger partial charge in [0, 0.05) is 19.2 Å². The maximum absolute atomic E-state index is 10.8. The second-order valence-corrected chi connectivity index (χ2v) is 3.22. The van der Waals surface area contributed by atoms with Gasteiger partial charge in [-0.25, -0.2) is 0 Å². The lowest BCUT2D eigenvalue weighted by Gasteiger charge is -2.02. The first-order valence-electron chi connectivity index (χ1n) is 4.87. The average Bonchev–Trinajstić information content (AvgIpc) is 2.18. The standard InChI is InChI=1S/C12H15NO2/c1-10(15)13-12-7-4-6-11(9-12)5-2-3-8-14/h2,4-7,9,14H,3,8H2,1H3,(H,13,15). The summed E-state index contributed by atoms with van der Waals surface area (Å²) in [5.74, 6) is -0.0773. The summed E-state index contributed by atoms with van der Waals surface area (Å²) < 4.78 is 0. The molecule has 0 unspecified atom stereocenters. The highest BCUT2D eigenvalue weighted by Gasteiger charge is 1.94. The minimum atomic E-state index is -0.0773. The first-order valence-corrected chi connectivity index (χ1v) is 4.87. The number of carbonyl (C=O) groups is 1. The highest BCUT2D eigenvalue weighted by atomic mass is 16.2. The number of hydrogen-bond acceptors (Lipinski definition) is 2. The minimum absolute atomic E-state index is 0.0773. The van der Waals surface area contributed by atoms with Crippen molar-refractivity contribution >= 4 is 17.7 Å². The Labute approximate surface area is 89.4 Å². The van der Waals surface area contributed by atoms with Crippen LogP contribution in [0.15, 0.2) is 30.3 Å². The van der Waals surface area contributed by atoms with Crippen molar-refractivity contribution in [3.8, 4) is 0 Å². The number of benzene rings is 1. The molecule has 0 saturated carbocycles. The van der Waals surface area contributed by atoms with Gasteiger partial charge in [0.1, 0.15) is 0 Å². The van der Waals surface area contributed by atoms with Gasteiger partial charge in [-0.3, -0.25) is 4.79 Å². The lowest BCUT2D eigenvalue weighted by molar-refractivity contribution is -0.114. The fraction of sp³-hybridized carbons (Fsp3) is 0.250. The van der Waals surface area contributed by atoms with E-state index < -0.39 is 0 Å². The molecule has 0 aromatic heterocycles. The van der Waals surface area contributed by atoms with Crippen molar-refractivity contribution < 1.29 is 9.90 Å². The maximum atomic E-state index is 10.8. The summed E-state index contributed by atoms with van der Waals surface area (Å²) in [7, 11) is 0. The highest BCUT2D eigenvalue weighted by Crippen LogP contribution is 2.12. The lowest BCUT2D eigenvalue weighted by Crippen LogP contribution is -2.05. The van der Waals surface area contributed by atoms with Crippen molar-refractivity contribution in [1.82, 2.24) is 0 Å².